The topological polar surface area (TPSA) is 84.6 Å². The molecule has 1 heterocycles. The lowest BCUT2D eigenvalue weighted by atomic mass is 10.1. The van der Waals surface area contributed by atoms with E-state index in [4.69, 9.17) is 9.26 Å². The van der Waals surface area contributed by atoms with E-state index in [2.05, 4.69) is 44.0 Å². The SMILES string of the molecule is CCNC(=NCCc1nc(C)no1)NCCc1ccc(C)c(OC)c1. The van der Waals surface area contributed by atoms with Crippen LogP contribution in [0.2, 0.25) is 0 Å². The van der Waals surface area contributed by atoms with E-state index < -0.39 is 0 Å². The summed E-state index contributed by atoms with van der Waals surface area (Å²) in [6, 6.07) is 6.29. The van der Waals surface area contributed by atoms with Crippen molar-refractivity contribution in [3.8, 4) is 5.75 Å². The van der Waals surface area contributed by atoms with Crippen LogP contribution in [0.15, 0.2) is 27.7 Å². The van der Waals surface area contributed by atoms with Gasteiger partial charge in [-0.3, -0.25) is 4.99 Å². The van der Waals surface area contributed by atoms with Crippen molar-refractivity contribution < 1.29 is 9.26 Å². The fourth-order valence-corrected chi connectivity index (χ4v) is 2.39. The first-order valence-corrected chi connectivity index (χ1v) is 8.57. The van der Waals surface area contributed by atoms with Crippen LogP contribution in [0, 0.1) is 13.8 Å². The van der Waals surface area contributed by atoms with E-state index in [0.29, 0.717) is 24.7 Å². The summed E-state index contributed by atoms with van der Waals surface area (Å²) in [6.07, 6.45) is 1.52. The standard InChI is InChI=1S/C18H27N5O2/c1-5-19-18(21-11-9-17-22-14(3)23-25-17)20-10-8-15-7-6-13(2)16(12-15)24-4/h6-7,12H,5,8-11H2,1-4H3,(H2,19,20,21). The summed E-state index contributed by atoms with van der Waals surface area (Å²) in [5.74, 6) is 2.98. The maximum absolute atomic E-state index is 5.37. The van der Waals surface area contributed by atoms with Crippen LogP contribution in [0.5, 0.6) is 5.75 Å². The molecule has 136 valence electrons. The van der Waals surface area contributed by atoms with Crippen molar-refractivity contribution in [1.82, 2.24) is 20.8 Å². The first-order chi connectivity index (χ1) is 12.1. The van der Waals surface area contributed by atoms with Crippen LogP contribution >= 0.6 is 0 Å². The first-order valence-electron chi connectivity index (χ1n) is 8.57. The summed E-state index contributed by atoms with van der Waals surface area (Å²) < 4.78 is 10.5. The van der Waals surface area contributed by atoms with E-state index in [9.17, 15) is 0 Å². The van der Waals surface area contributed by atoms with E-state index in [1.54, 1.807) is 7.11 Å². The number of hydrogen-bond acceptors (Lipinski definition) is 5. The number of nitrogens with zero attached hydrogens (tertiary/aromatic N) is 3. The van der Waals surface area contributed by atoms with E-state index >= 15 is 0 Å². The van der Waals surface area contributed by atoms with Gasteiger partial charge in [-0.05, 0) is 44.4 Å². The highest BCUT2D eigenvalue weighted by Crippen LogP contribution is 2.18. The van der Waals surface area contributed by atoms with Gasteiger partial charge in [0.1, 0.15) is 5.75 Å². The third-order valence-electron chi connectivity index (χ3n) is 3.69. The van der Waals surface area contributed by atoms with Crippen LogP contribution in [0.25, 0.3) is 0 Å². The molecule has 1 aromatic carbocycles. The fourth-order valence-electron chi connectivity index (χ4n) is 2.39. The highest BCUT2D eigenvalue weighted by atomic mass is 16.5. The van der Waals surface area contributed by atoms with Gasteiger partial charge in [0.25, 0.3) is 0 Å². The molecule has 0 unspecified atom stereocenters. The first kappa shape index (κ1) is 18.8. The molecule has 1 aromatic heterocycles. The van der Waals surface area contributed by atoms with Crippen LogP contribution in [0.1, 0.15) is 29.8 Å². The molecule has 25 heavy (non-hydrogen) atoms. The van der Waals surface area contributed by atoms with Crippen LogP contribution in [-0.4, -0.2) is 42.8 Å². The number of hydrogen-bond donors (Lipinski definition) is 2. The van der Waals surface area contributed by atoms with Crippen molar-refractivity contribution in [3.05, 3.63) is 41.0 Å². The molecule has 0 aliphatic carbocycles. The number of methoxy groups -OCH3 is 1. The zero-order valence-electron chi connectivity index (χ0n) is 15.4. The Labute approximate surface area is 148 Å². The number of nitrogens with one attached hydrogen (secondary N) is 2. The van der Waals surface area contributed by atoms with Crippen LogP contribution in [0.4, 0.5) is 0 Å². The fraction of sp³-hybridized carbons (Fsp3) is 0.500. The van der Waals surface area contributed by atoms with E-state index in [1.807, 2.05) is 20.8 Å². The van der Waals surface area contributed by atoms with Crippen LogP contribution < -0.4 is 15.4 Å². The zero-order chi connectivity index (χ0) is 18.1. The number of rotatable bonds is 8. The van der Waals surface area contributed by atoms with Crippen molar-refractivity contribution in [3.63, 3.8) is 0 Å². The minimum absolute atomic E-state index is 0.593. The molecule has 0 spiro atoms. The highest BCUT2D eigenvalue weighted by Gasteiger charge is 2.04. The van der Waals surface area contributed by atoms with Gasteiger partial charge in [-0.1, -0.05) is 17.3 Å². The quantitative estimate of drug-likeness (QED) is 0.562. The number of aromatic nitrogens is 2. The maximum Gasteiger partial charge on any atom is 0.228 e. The normalized spacial score (nSPS) is 11.4. The summed E-state index contributed by atoms with van der Waals surface area (Å²) in [6.45, 7) is 8.09. The summed E-state index contributed by atoms with van der Waals surface area (Å²) in [5.41, 5.74) is 2.37. The minimum atomic E-state index is 0.593. The molecule has 7 heteroatoms. The second-order valence-electron chi connectivity index (χ2n) is 5.73. The molecule has 2 aromatic rings. The molecule has 0 aliphatic heterocycles. The van der Waals surface area contributed by atoms with Crippen LogP contribution in [-0.2, 0) is 12.8 Å². The molecule has 2 rings (SSSR count). The number of aliphatic imine (C=N–C) groups is 1. The van der Waals surface area contributed by atoms with E-state index in [0.717, 1.165) is 36.8 Å². The average Bonchev–Trinajstić information content (AvgIpc) is 3.01. The van der Waals surface area contributed by atoms with Gasteiger partial charge in [-0.2, -0.15) is 4.98 Å². The Bertz CT molecular complexity index is 697. The molecule has 0 bridgehead atoms. The molecule has 0 aliphatic rings. The van der Waals surface area contributed by atoms with Gasteiger partial charge in [0.15, 0.2) is 11.8 Å². The maximum atomic E-state index is 5.37. The van der Waals surface area contributed by atoms with Gasteiger partial charge >= 0.3 is 0 Å². The largest absolute Gasteiger partial charge is 0.496 e. The summed E-state index contributed by atoms with van der Waals surface area (Å²) >= 11 is 0. The van der Waals surface area contributed by atoms with Crippen molar-refractivity contribution in [2.75, 3.05) is 26.7 Å². The van der Waals surface area contributed by atoms with Crippen LogP contribution in [0.3, 0.4) is 0 Å². The third-order valence-corrected chi connectivity index (χ3v) is 3.69. The zero-order valence-corrected chi connectivity index (χ0v) is 15.4. The molecule has 0 amide bonds. The smallest absolute Gasteiger partial charge is 0.228 e. The molecule has 0 saturated carbocycles. The van der Waals surface area contributed by atoms with Gasteiger partial charge in [-0.25, -0.2) is 0 Å². The second kappa shape index (κ2) is 9.66. The lowest BCUT2D eigenvalue weighted by Gasteiger charge is -2.12. The van der Waals surface area contributed by atoms with Gasteiger partial charge in [0.05, 0.1) is 13.7 Å². The number of guanidine groups is 1. The molecule has 2 N–H and O–H groups in total. The Morgan fingerprint density at radius 2 is 2.08 bits per heavy atom. The van der Waals surface area contributed by atoms with Gasteiger partial charge < -0.3 is 19.9 Å². The second-order valence-corrected chi connectivity index (χ2v) is 5.73. The van der Waals surface area contributed by atoms with E-state index in [1.165, 1.54) is 5.56 Å². The van der Waals surface area contributed by atoms with Crippen molar-refractivity contribution in [2.24, 2.45) is 4.99 Å². The Hall–Kier alpha value is -2.57. The number of benzene rings is 1. The Kier molecular flexibility index (Phi) is 7.25. The van der Waals surface area contributed by atoms with Crippen molar-refractivity contribution in [1.29, 1.82) is 0 Å². The molecule has 7 nitrogen and oxygen atoms in total. The van der Waals surface area contributed by atoms with Crippen molar-refractivity contribution >= 4 is 5.96 Å². The molecule has 0 atom stereocenters. The van der Waals surface area contributed by atoms with E-state index in [-0.39, 0.29) is 0 Å². The highest BCUT2D eigenvalue weighted by molar-refractivity contribution is 5.79. The Balaban J connectivity index is 1.83. The predicted molar refractivity (Wildman–Crippen MR) is 98.2 cm³/mol. The summed E-state index contributed by atoms with van der Waals surface area (Å²) in [5, 5.41) is 10.4. The summed E-state index contributed by atoms with van der Waals surface area (Å²) in [4.78, 5) is 8.72. The summed E-state index contributed by atoms with van der Waals surface area (Å²) in [7, 11) is 1.70. The number of aryl methyl sites for hydroxylation is 2. The van der Waals surface area contributed by atoms with Gasteiger partial charge in [-0.15, -0.1) is 0 Å². The molecule has 0 radical (unpaired) electrons. The number of ether oxygens (including phenoxy) is 1. The molecular formula is C18H27N5O2. The monoisotopic (exact) mass is 345 g/mol. The lowest BCUT2D eigenvalue weighted by Crippen LogP contribution is -2.38. The van der Waals surface area contributed by atoms with Gasteiger partial charge in [0.2, 0.25) is 5.89 Å². The lowest BCUT2D eigenvalue weighted by molar-refractivity contribution is 0.376. The third kappa shape index (κ3) is 6.10. The van der Waals surface area contributed by atoms with Gasteiger partial charge in [0, 0.05) is 19.5 Å². The Morgan fingerprint density at radius 3 is 2.76 bits per heavy atom. The average molecular weight is 345 g/mol. The minimum Gasteiger partial charge on any atom is -0.496 e. The predicted octanol–water partition coefficient (Wildman–Crippen LogP) is 2.04. The Morgan fingerprint density at radius 1 is 1.24 bits per heavy atom. The molecule has 0 saturated heterocycles. The molecule has 0 fully saturated rings. The van der Waals surface area contributed by atoms with Crippen molar-refractivity contribution in [2.45, 2.75) is 33.6 Å². The molecular weight excluding hydrogens is 318 g/mol.